The van der Waals surface area contributed by atoms with Crippen LogP contribution in [-0.2, 0) is 12.8 Å². The minimum absolute atomic E-state index is 0.630. The summed E-state index contributed by atoms with van der Waals surface area (Å²) in [7, 11) is 1.75. The van der Waals surface area contributed by atoms with Crippen molar-refractivity contribution in [1.29, 1.82) is 0 Å². The number of fused-ring (bicyclic) bond motifs is 1. The Labute approximate surface area is 130 Å². The molecule has 2 heteroatoms. The monoisotopic (exact) mass is 289 g/mol. The molecule has 1 aliphatic rings. The van der Waals surface area contributed by atoms with Crippen molar-refractivity contribution in [3.8, 4) is 5.75 Å². The second-order valence-electron chi connectivity index (χ2n) is 6.49. The number of rotatable bonds is 8. The van der Waals surface area contributed by atoms with Gasteiger partial charge in [0.15, 0.2) is 0 Å². The number of benzene rings is 1. The van der Waals surface area contributed by atoms with Gasteiger partial charge in [-0.25, -0.2) is 0 Å². The van der Waals surface area contributed by atoms with E-state index in [9.17, 15) is 0 Å². The number of hydrogen-bond donors (Lipinski definition) is 1. The van der Waals surface area contributed by atoms with Crippen LogP contribution in [0.1, 0.15) is 63.5 Å². The zero-order valence-corrected chi connectivity index (χ0v) is 14.0. The van der Waals surface area contributed by atoms with Crippen LogP contribution in [0.4, 0.5) is 0 Å². The highest BCUT2D eigenvalue weighted by atomic mass is 16.5. The Morgan fingerprint density at radius 2 is 2.10 bits per heavy atom. The van der Waals surface area contributed by atoms with E-state index in [2.05, 4.69) is 37.4 Å². The maximum atomic E-state index is 5.35. The SMILES string of the molecule is CCCCCCC(C)NC1CCc2ccc(OC)cc2C1. The molecular weight excluding hydrogens is 258 g/mol. The zero-order chi connectivity index (χ0) is 15.1. The summed E-state index contributed by atoms with van der Waals surface area (Å²) >= 11 is 0. The van der Waals surface area contributed by atoms with Crippen LogP contribution < -0.4 is 10.1 Å². The Morgan fingerprint density at radius 1 is 1.24 bits per heavy atom. The normalized spacial score (nSPS) is 19.1. The first-order valence-corrected chi connectivity index (χ1v) is 8.64. The van der Waals surface area contributed by atoms with Crippen LogP contribution in [0.25, 0.3) is 0 Å². The lowest BCUT2D eigenvalue weighted by atomic mass is 9.87. The summed E-state index contributed by atoms with van der Waals surface area (Å²) in [6.45, 7) is 4.61. The summed E-state index contributed by atoms with van der Waals surface area (Å²) in [5, 5.41) is 3.83. The number of methoxy groups -OCH3 is 1. The largest absolute Gasteiger partial charge is 0.497 e. The summed E-state index contributed by atoms with van der Waals surface area (Å²) < 4.78 is 5.35. The molecular formula is C19H31NO. The summed E-state index contributed by atoms with van der Waals surface area (Å²) in [4.78, 5) is 0. The molecule has 21 heavy (non-hydrogen) atoms. The van der Waals surface area contributed by atoms with E-state index in [0.717, 1.165) is 12.2 Å². The molecule has 0 aromatic heterocycles. The third kappa shape index (κ3) is 5.03. The van der Waals surface area contributed by atoms with E-state index in [-0.39, 0.29) is 0 Å². The molecule has 1 aromatic rings. The Balaban J connectivity index is 1.80. The fourth-order valence-electron chi connectivity index (χ4n) is 3.37. The Morgan fingerprint density at radius 3 is 2.86 bits per heavy atom. The summed E-state index contributed by atoms with van der Waals surface area (Å²) in [5.74, 6) is 0.988. The van der Waals surface area contributed by atoms with Crippen molar-refractivity contribution >= 4 is 0 Å². The molecule has 1 N–H and O–H groups in total. The van der Waals surface area contributed by atoms with Crippen molar-refractivity contribution in [1.82, 2.24) is 5.32 Å². The molecule has 2 unspecified atom stereocenters. The average Bonchev–Trinajstić information content (AvgIpc) is 2.51. The van der Waals surface area contributed by atoms with Gasteiger partial charge >= 0.3 is 0 Å². The average molecular weight is 289 g/mol. The molecule has 2 atom stereocenters. The second kappa shape index (κ2) is 8.43. The number of hydrogen-bond acceptors (Lipinski definition) is 2. The van der Waals surface area contributed by atoms with Crippen LogP contribution in [0.5, 0.6) is 5.75 Å². The molecule has 0 radical (unpaired) electrons. The van der Waals surface area contributed by atoms with Gasteiger partial charge in [0.1, 0.15) is 5.75 Å². The first kappa shape index (κ1) is 16.4. The molecule has 0 spiro atoms. The maximum absolute atomic E-state index is 5.35. The van der Waals surface area contributed by atoms with Gasteiger partial charge in [-0.1, -0.05) is 38.7 Å². The molecule has 0 aliphatic heterocycles. The Kier molecular flexibility index (Phi) is 6.56. The molecule has 1 aromatic carbocycles. The van der Waals surface area contributed by atoms with E-state index >= 15 is 0 Å². The highest BCUT2D eigenvalue weighted by molar-refractivity contribution is 5.37. The van der Waals surface area contributed by atoms with E-state index in [1.807, 2.05) is 0 Å². The molecule has 2 rings (SSSR count). The van der Waals surface area contributed by atoms with Crippen LogP contribution in [-0.4, -0.2) is 19.2 Å². The van der Waals surface area contributed by atoms with Crippen LogP contribution in [0, 0.1) is 0 Å². The standard InChI is InChI=1S/C19H31NO/c1-4-5-6-7-8-15(2)20-18-11-9-16-10-12-19(21-3)14-17(16)13-18/h10,12,14-15,18,20H,4-9,11,13H2,1-3H3. The smallest absolute Gasteiger partial charge is 0.119 e. The molecule has 0 saturated carbocycles. The van der Waals surface area contributed by atoms with E-state index in [4.69, 9.17) is 4.74 Å². The third-order valence-corrected chi connectivity index (χ3v) is 4.65. The molecule has 0 amide bonds. The van der Waals surface area contributed by atoms with Gasteiger partial charge in [0.2, 0.25) is 0 Å². The minimum Gasteiger partial charge on any atom is -0.497 e. The van der Waals surface area contributed by atoms with Crippen molar-refractivity contribution in [2.75, 3.05) is 7.11 Å². The Hall–Kier alpha value is -1.02. The summed E-state index contributed by atoms with van der Waals surface area (Å²) in [6.07, 6.45) is 10.4. The number of nitrogens with one attached hydrogen (secondary N) is 1. The molecule has 118 valence electrons. The van der Waals surface area contributed by atoms with Gasteiger partial charge in [-0.05, 0) is 55.9 Å². The molecule has 0 fully saturated rings. The summed E-state index contributed by atoms with van der Waals surface area (Å²) in [5.41, 5.74) is 2.97. The van der Waals surface area contributed by atoms with Gasteiger partial charge in [0, 0.05) is 12.1 Å². The van der Waals surface area contributed by atoms with Crippen LogP contribution in [0.3, 0.4) is 0 Å². The van der Waals surface area contributed by atoms with Crippen molar-refractivity contribution in [2.45, 2.75) is 77.3 Å². The van der Waals surface area contributed by atoms with Crippen molar-refractivity contribution < 1.29 is 4.74 Å². The van der Waals surface area contributed by atoms with E-state index in [0.29, 0.717) is 12.1 Å². The molecule has 0 heterocycles. The van der Waals surface area contributed by atoms with Crippen LogP contribution in [0.15, 0.2) is 18.2 Å². The van der Waals surface area contributed by atoms with E-state index in [1.54, 1.807) is 7.11 Å². The number of aryl methyl sites for hydroxylation is 1. The van der Waals surface area contributed by atoms with Crippen molar-refractivity contribution in [2.24, 2.45) is 0 Å². The maximum Gasteiger partial charge on any atom is 0.119 e. The quantitative estimate of drug-likeness (QED) is 0.711. The predicted molar refractivity (Wildman–Crippen MR) is 90.2 cm³/mol. The molecule has 0 saturated heterocycles. The van der Waals surface area contributed by atoms with E-state index in [1.165, 1.54) is 56.1 Å². The third-order valence-electron chi connectivity index (χ3n) is 4.65. The minimum atomic E-state index is 0.630. The Bertz CT molecular complexity index is 430. The van der Waals surface area contributed by atoms with Gasteiger partial charge in [-0.3, -0.25) is 0 Å². The highest BCUT2D eigenvalue weighted by Crippen LogP contribution is 2.26. The first-order valence-electron chi connectivity index (χ1n) is 8.64. The molecule has 2 nitrogen and oxygen atoms in total. The van der Waals surface area contributed by atoms with Crippen LogP contribution >= 0.6 is 0 Å². The van der Waals surface area contributed by atoms with Gasteiger partial charge in [0.25, 0.3) is 0 Å². The lowest BCUT2D eigenvalue weighted by Crippen LogP contribution is -2.40. The number of unbranched alkanes of at least 4 members (excludes halogenated alkanes) is 3. The highest BCUT2D eigenvalue weighted by Gasteiger charge is 2.20. The van der Waals surface area contributed by atoms with Gasteiger partial charge < -0.3 is 10.1 Å². The van der Waals surface area contributed by atoms with Crippen molar-refractivity contribution in [3.63, 3.8) is 0 Å². The van der Waals surface area contributed by atoms with Gasteiger partial charge in [-0.15, -0.1) is 0 Å². The predicted octanol–water partition coefficient (Wildman–Crippen LogP) is 4.50. The van der Waals surface area contributed by atoms with Crippen molar-refractivity contribution in [3.05, 3.63) is 29.3 Å². The second-order valence-corrected chi connectivity index (χ2v) is 6.49. The fraction of sp³-hybridized carbons (Fsp3) is 0.684. The first-order chi connectivity index (χ1) is 10.2. The molecule has 0 bridgehead atoms. The topological polar surface area (TPSA) is 21.3 Å². The van der Waals surface area contributed by atoms with Gasteiger partial charge in [-0.2, -0.15) is 0 Å². The lowest BCUT2D eigenvalue weighted by molar-refractivity contribution is 0.382. The van der Waals surface area contributed by atoms with E-state index < -0.39 is 0 Å². The van der Waals surface area contributed by atoms with Gasteiger partial charge in [0.05, 0.1) is 7.11 Å². The zero-order valence-electron chi connectivity index (χ0n) is 14.0. The fourth-order valence-corrected chi connectivity index (χ4v) is 3.37. The van der Waals surface area contributed by atoms with Crippen LogP contribution in [0.2, 0.25) is 0 Å². The molecule has 1 aliphatic carbocycles. The lowest BCUT2D eigenvalue weighted by Gasteiger charge is -2.28. The number of ether oxygens (including phenoxy) is 1. The summed E-state index contributed by atoms with van der Waals surface area (Å²) in [6, 6.07) is 7.81.